The van der Waals surface area contributed by atoms with Gasteiger partial charge in [0.2, 0.25) is 0 Å². The van der Waals surface area contributed by atoms with Gasteiger partial charge < -0.3 is 19.9 Å². The first kappa shape index (κ1) is 12.2. The lowest BCUT2D eigenvalue weighted by atomic mass is 10.0. The second-order valence-electron chi connectivity index (χ2n) is 4.82. The molecule has 3 rings (SSSR count). The molecule has 0 spiro atoms. The molecule has 0 aliphatic carbocycles. The molecule has 2 atom stereocenters. The van der Waals surface area contributed by atoms with Crippen LogP contribution in [-0.2, 0) is 4.74 Å². The normalized spacial score (nSPS) is 23.5. The van der Waals surface area contributed by atoms with Gasteiger partial charge in [0.15, 0.2) is 17.3 Å². The van der Waals surface area contributed by atoms with E-state index in [9.17, 15) is 0 Å². The summed E-state index contributed by atoms with van der Waals surface area (Å²) < 4.78 is 7.45. The summed E-state index contributed by atoms with van der Waals surface area (Å²) in [6.45, 7) is 2.86. The Bertz CT molecular complexity index is 568. The van der Waals surface area contributed by atoms with Gasteiger partial charge in [-0.2, -0.15) is 0 Å². The Morgan fingerprint density at radius 3 is 3.21 bits per heavy atom. The number of hydrazine groups is 1. The first-order chi connectivity index (χ1) is 9.26. The number of hydrogen-bond acceptors (Lipinski definition) is 6. The maximum atomic E-state index is 5.55. The third-order valence-corrected chi connectivity index (χ3v) is 3.35. The lowest BCUT2D eigenvalue weighted by molar-refractivity contribution is 0.0232. The van der Waals surface area contributed by atoms with Crippen LogP contribution in [0.1, 0.15) is 19.8 Å². The Labute approximate surface area is 111 Å². The van der Waals surface area contributed by atoms with E-state index in [0.29, 0.717) is 11.9 Å². The third-order valence-electron chi connectivity index (χ3n) is 3.35. The van der Waals surface area contributed by atoms with Gasteiger partial charge in [-0.3, -0.25) is 0 Å². The van der Waals surface area contributed by atoms with Gasteiger partial charge >= 0.3 is 0 Å². The number of nitrogen functional groups attached to an aromatic ring is 1. The minimum Gasteiger partial charge on any atom is -0.378 e. The van der Waals surface area contributed by atoms with Crippen LogP contribution in [0.25, 0.3) is 5.65 Å². The van der Waals surface area contributed by atoms with E-state index < -0.39 is 0 Å². The number of rotatable bonds is 3. The Morgan fingerprint density at radius 1 is 1.53 bits per heavy atom. The van der Waals surface area contributed by atoms with Gasteiger partial charge in [0.05, 0.1) is 12.3 Å². The van der Waals surface area contributed by atoms with Crippen LogP contribution in [0.4, 0.5) is 11.6 Å². The van der Waals surface area contributed by atoms with Crippen LogP contribution in [0.2, 0.25) is 0 Å². The fourth-order valence-electron chi connectivity index (χ4n) is 2.42. The lowest BCUT2D eigenvalue weighted by Gasteiger charge is -2.28. The van der Waals surface area contributed by atoms with Crippen LogP contribution in [0.3, 0.4) is 0 Å². The van der Waals surface area contributed by atoms with Gasteiger partial charge in [-0.1, -0.05) is 0 Å². The van der Waals surface area contributed by atoms with E-state index in [0.717, 1.165) is 30.9 Å². The average molecular weight is 262 g/mol. The monoisotopic (exact) mass is 262 g/mol. The van der Waals surface area contributed by atoms with Gasteiger partial charge in [0, 0.05) is 25.0 Å². The summed E-state index contributed by atoms with van der Waals surface area (Å²) in [6, 6.07) is 0.352. The molecule has 0 radical (unpaired) electrons. The minimum absolute atomic E-state index is 0.276. The molecule has 1 fully saturated rings. The third kappa shape index (κ3) is 2.47. The first-order valence-corrected chi connectivity index (χ1v) is 6.44. The largest absolute Gasteiger partial charge is 0.378 e. The quantitative estimate of drug-likeness (QED) is 0.564. The van der Waals surface area contributed by atoms with Crippen LogP contribution in [0.15, 0.2) is 18.6 Å². The summed E-state index contributed by atoms with van der Waals surface area (Å²) in [7, 11) is 0. The zero-order chi connectivity index (χ0) is 13.2. The summed E-state index contributed by atoms with van der Waals surface area (Å²) in [5.74, 6) is 6.79. The molecule has 1 aliphatic rings. The molecule has 19 heavy (non-hydrogen) atoms. The van der Waals surface area contributed by atoms with E-state index in [4.69, 9.17) is 10.6 Å². The van der Waals surface area contributed by atoms with Gasteiger partial charge in [0.25, 0.3) is 0 Å². The van der Waals surface area contributed by atoms with Crippen molar-refractivity contribution < 1.29 is 4.74 Å². The van der Waals surface area contributed by atoms with E-state index in [1.165, 1.54) is 0 Å². The molecular formula is C12H18N6O. The van der Waals surface area contributed by atoms with Gasteiger partial charge in [-0.15, -0.1) is 0 Å². The summed E-state index contributed by atoms with van der Waals surface area (Å²) in [6.07, 6.45) is 7.64. The first-order valence-electron chi connectivity index (χ1n) is 6.44. The van der Waals surface area contributed by atoms with E-state index in [1.807, 2.05) is 10.6 Å². The number of nitrogens with one attached hydrogen (secondary N) is 2. The van der Waals surface area contributed by atoms with E-state index in [1.54, 1.807) is 12.4 Å². The van der Waals surface area contributed by atoms with Crippen molar-refractivity contribution in [2.24, 2.45) is 5.84 Å². The van der Waals surface area contributed by atoms with Crippen molar-refractivity contribution in [1.29, 1.82) is 0 Å². The van der Waals surface area contributed by atoms with Crippen molar-refractivity contribution in [2.45, 2.75) is 31.9 Å². The van der Waals surface area contributed by atoms with Crippen LogP contribution in [0, 0.1) is 0 Å². The Morgan fingerprint density at radius 2 is 2.42 bits per heavy atom. The van der Waals surface area contributed by atoms with Crippen molar-refractivity contribution >= 4 is 17.3 Å². The maximum absolute atomic E-state index is 5.55. The average Bonchev–Trinajstić information content (AvgIpc) is 2.87. The Hall–Kier alpha value is -1.86. The van der Waals surface area contributed by atoms with Gasteiger partial charge in [0.1, 0.15) is 0 Å². The summed E-state index contributed by atoms with van der Waals surface area (Å²) >= 11 is 0. The number of hydrogen-bond donors (Lipinski definition) is 3. The van der Waals surface area contributed by atoms with Crippen LogP contribution >= 0.6 is 0 Å². The van der Waals surface area contributed by atoms with Crippen LogP contribution in [-0.4, -0.2) is 33.1 Å². The van der Waals surface area contributed by atoms with Crippen molar-refractivity contribution in [3.8, 4) is 0 Å². The molecule has 102 valence electrons. The number of anilines is 2. The number of fused-ring (bicyclic) bond motifs is 1. The van der Waals surface area contributed by atoms with Gasteiger partial charge in [-0.25, -0.2) is 15.8 Å². The molecule has 1 aliphatic heterocycles. The van der Waals surface area contributed by atoms with Crippen molar-refractivity contribution in [3.05, 3.63) is 18.6 Å². The standard InChI is InChI=1S/C12H18N6O/c1-8-6-9(2-5-19-8)15-11-12-14-3-4-18(12)7-10(16-11)17-13/h3-4,7-9,17H,2,5-6,13H2,1H3,(H,15,16). The molecule has 7 nitrogen and oxygen atoms in total. The molecule has 0 aromatic carbocycles. The fraction of sp³-hybridized carbons (Fsp3) is 0.500. The predicted molar refractivity (Wildman–Crippen MR) is 72.9 cm³/mol. The number of ether oxygens (including phenoxy) is 1. The molecule has 1 saturated heterocycles. The topological polar surface area (TPSA) is 89.5 Å². The van der Waals surface area contributed by atoms with E-state index in [-0.39, 0.29) is 6.10 Å². The van der Waals surface area contributed by atoms with Crippen LogP contribution < -0.4 is 16.6 Å². The molecule has 2 aromatic heterocycles. The fourth-order valence-corrected chi connectivity index (χ4v) is 2.42. The highest BCUT2D eigenvalue weighted by Gasteiger charge is 2.20. The molecule has 0 amide bonds. The number of imidazole rings is 1. The smallest absolute Gasteiger partial charge is 0.180 e. The number of nitrogens with zero attached hydrogens (tertiary/aromatic N) is 3. The highest BCUT2D eigenvalue weighted by atomic mass is 16.5. The Kier molecular flexibility index (Phi) is 3.22. The molecular weight excluding hydrogens is 244 g/mol. The molecule has 2 aromatic rings. The molecule has 0 bridgehead atoms. The van der Waals surface area contributed by atoms with E-state index >= 15 is 0 Å². The lowest BCUT2D eigenvalue weighted by Crippen LogP contribution is -2.33. The summed E-state index contributed by atoms with van der Waals surface area (Å²) in [4.78, 5) is 8.76. The minimum atomic E-state index is 0.276. The SMILES string of the molecule is CC1CC(Nc2nc(NN)cn3ccnc23)CCO1. The second-order valence-corrected chi connectivity index (χ2v) is 4.82. The predicted octanol–water partition coefficient (Wildman–Crippen LogP) is 0.994. The number of aromatic nitrogens is 3. The number of nitrogens with two attached hydrogens (primary N) is 1. The summed E-state index contributed by atoms with van der Waals surface area (Å²) in [5.41, 5.74) is 3.37. The highest BCUT2D eigenvalue weighted by Crippen LogP contribution is 2.21. The maximum Gasteiger partial charge on any atom is 0.180 e. The summed E-state index contributed by atoms with van der Waals surface area (Å²) in [5, 5.41) is 3.45. The van der Waals surface area contributed by atoms with E-state index in [2.05, 4.69) is 27.6 Å². The van der Waals surface area contributed by atoms with Crippen LogP contribution in [0.5, 0.6) is 0 Å². The molecule has 2 unspecified atom stereocenters. The Balaban J connectivity index is 1.88. The van der Waals surface area contributed by atoms with Crippen molar-refractivity contribution in [2.75, 3.05) is 17.3 Å². The second kappa shape index (κ2) is 5.02. The molecule has 7 heteroatoms. The molecule has 4 N–H and O–H groups in total. The molecule has 0 saturated carbocycles. The van der Waals surface area contributed by atoms with Crippen molar-refractivity contribution in [3.63, 3.8) is 0 Å². The zero-order valence-corrected chi connectivity index (χ0v) is 10.8. The van der Waals surface area contributed by atoms with Gasteiger partial charge in [-0.05, 0) is 19.8 Å². The molecule has 3 heterocycles. The van der Waals surface area contributed by atoms with Crippen molar-refractivity contribution in [1.82, 2.24) is 14.4 Å². The zero-order valence-electron chi connectivity index (χ0n) is 10.8. The highest BCUT2D eigenvalue weighted by molar-refractivity contribution is 5.65.